The number of aliphatic carboxylic acids is 1. The molecule has 1 aliphatic rings. The summed E-state index contributed by atoms with van der Waals surface area (Å²) in [4.78, 5) is 13.1. The van der Waals surface area contributed by atoms with Crippen LogP contribution in [0.1, 0.15) is 19.8 Å². The third-order valence-corrected chi connectivity index (χ3v) is 3.09. The van der Waals surface area contributed by atoms with Crippen LogP contribution in [0.3, 0.4) is 0 Å². The van der Waals surface area contributed by atoms with E-state index < -0.39 is 12.0 Å². The lowest BCUT2D eigenvalue weighted by Gasteiger charge is -2.18. The number of carbonyl (C=O) groups is 1. The highest BCUT2D eigenvalue weighted by Crippen LogP contribution is 2.22. The average Bonchev–Trinajstić information content (AvgIpc) is 2.83. The van der Waals surface area contributed by atoms with E-state index in [1.54, 1.807) is 6.92 Å². The van der Waals surface area contributed by atoms with Crippen LogP contribution in [-0.2, 0) is 4.79 Å². The number of rotatable bonds is 4. The smallest absolute Gasteiger partial charge is 0.325 e. The van der Waals surface area contributed by atoms with Crippen molar-refractivity contribution in [2.45, 2.75) is 25.8 Å². The van der Waals surface area contributed by atoms with E-state index in [9.17, 15) is 4.79 Å². The lowest BCUT2D eigenvalue weighted by atomic mass is 10.2. The highest BCUT2D eigenvalue weighted by Gasteiger charge is 2.13. The maximum atomic E-state index is 10.7. The molecule has 92 valence electrons. The molecule has 1 atom stereocenters. The standard InChI is InChI=1S/C13H18N2O2/c1-10(13(16)17)14-11-4-6-12(7-5-11)15-8-2-3-9-15/h4-7,10,14H,2-3,8-9H2,1H3,(H,16,17). The molecule has 2 rings (SSSR count). The van der Waals surface area contributed by atoms with Gasteiger partial charge in [0.1, 0.15) is 6.04 Å². The lowest BCUT2D eigenvalue weighted by Crippen LogP contribution is -2.25. The van der Waals surface area contributed by atoms with Gasteiger partial charge in [0.05, 0.1) is 0 Å². The molecular formula is C13H18N2O2. The van der Waals surface area contributed by atoms with Gasteiger partial charge in [0.2, 0.25) is 0 Å². The van der Waals surface area contributed by atoms with Gasteiger partial charge in [-0.25, -0.2) is 0 Å². The van der Waals surface area contributed by atoms with Gasteiger partial charge in [-0.15, -0.1) is 0 Å². The van der Waals surface area contributed by atoms with Crippen molar-refractivity contribution in [1.29, 1.82) is 0 Å². The second-order valence-corrected chi connectivity index (χ2v) is 4.45. The van der Waals surface area contributed by atoms with Crippen LogP contribution in [0.5, 0.6) is 0 Å². The van der Waals surface area contributed by atoms with Crippen molar-refractivity contribution in [3.63, 3.8) is 0 Å². The number of benzene rings is 1. The first-order valence-corrected chi connectivity index (χ1v) is 6.01. The molecule has 0 bridgehead atoms. The van der Waals surface area contributed by atoms with Crippen molar-refractivity contribution in [2.24, 2.45) is 0 Å². The van der Waals surface area contributed by atoms with Gasteiger partial charge in [0.15, 0.2) is 0 Å². The summed E-state index contributed by atoms with van der Waals surface area (Å²) in [6.45, 7) is 3.88. The van der Waals surface area contributed by atoms with E-state index >= 15 is 0 Å². The Hall–Kier alpha value is -1.71. The molecule has 1 saturated heterocycles. The molecule has 1 fully saturated rings. The zero-order valence-corrected chi connectivity index (χ0v) is 10.0. The summed E-state index contributed by atoms with van der Waals surface area (Å²) in [5.41, 5.74) is 2.07. The van der Waals surface area contributed by atoms with Crippen molar-refractivity contribution in [3.05, 3.63) is 24.3 Å². The molecule has 0 spiro atoms. The molecular weight excluding hydrogens is 216 g/mol. The molecule has 4 nitrogen and oxygen atoms in total. The second-order valence-electron chi connectivity index (χ2n) is 4.45. The monoisotopic (exact) mass is 234 g/mol. The lowest BCUT2D eigenvalue weighted by molar-refractivity contribution is -0.137. The van der Waals surface area contributed by atoms with Crippen molar-refractivity contribution < 1.29 is 9.90 Å². The number of carboxylic acid groups (broad SMARTS) is 1. The molecule has 17 heavy (non-hydrogen) atoms. The van der Waals surface area contributed by atoms with E-state index in [0.29, 0.717) is 0 Å². The van der Waals surface area contributed by atoms with Crippen LogP contribution in [0.4, 0.5) is 11.4 Å². The Labute approximate surface area is 101 Å². The second kappa shape index (κ2) is 5.08. The Morgan fingerprint density at radius 1 is 1.29 bits per heavy atom. The number of anilines is 2. The molecule has 1 heterocycles. The van der Waals surface area contributed by atoms with Gasteiger partial charge in [0.25, 0.3) is 0 Å². The van der Waals surface area contributed by atoms with Gasteiger partial charge in [-0.2, -0.15) is 0 Å². The van der Waals surface area contributed by atoms with Crippen LogP contribution in [0, 0.1) is 0 Å². The molecule has 1 aromatic rings. The van der Waals surface area contributed by atoms with E-state index in [2.05, 4.69) is 10.2 Å². The molecule has 1 aromatic carbocycles. The van der Waals surface area contributed by atoms with E-state index in [1.807, 2.05) is 24.3 Å². The quantitative estimate of drug-likeness (QED) is 0.838. The summed E-state index contributed by atoms with van der Waals surface area (Å²) in [6.07, 6.45) is 2.52. The van der Waals surface area contributed by atoms with Crippen molar-refractivity contribution >= 4 is 17.3 Å². The van der Waals surface area contributed by atoms with Crippen molar-refractivity contribution in [3.8, 4) is 0 Å². The van der Waals surface area contributed by atoms with Crippen molar-refractivity contribution in [2.75, 3.05) is 23.3 Å². The number of nitrogens with one attached hydrogen (secondary N) is 1. The van der Waals surface area contributed by atoms with Crippen LogP contribution in [0.15, 0.2) is 24.3 Å². The zero-order valence-electron chi connectivity index (χ0n) is 10.0. The molecule has 0 saturated carbocycles. The third-order valence-electron chi connectivity index (χ3n) is 3.09. The predicted molar refractivity (Wildman–Crippen MR) is 68.6 cm³/mol. The van der Waals surface area contributed by atoms with Gasteiger partial charge in [0, 0.05) is 24.5 Å². The molecule has 0 aliphatic carbocycles. The first kappa shape index (κ1) is 11.8. The molecule has 0 radical (unpaired) electrons. The minimum absolute atomic E-state index is 0.562. The summed E-state index contributed by atoms with van der Waals surface area (Å²) < 4.78 is 0. The molecule has 0 aromatic heterocycles. The first-order valence-electron chi connectivity index (χ1n) is 6.01. The summed E-state index contributed by atoms with van der Waals surface area (Å²) in [5.74, 6) is -0.839. The van der Waals surface area contributed by atoms with Crippen LogP contribution >= 0.6 is 0 Å². The van der Waals surface area contributed by atoms with E-state index in [4.69, 9.17) is 5.11 Å². The fourth-order valence-electron chi connectivity index (χ4n) is 2.06. The number of nitrogens with zero attached hydrogens (tertiary/aromatic N) is 1. The van der Waals surface area contributed by atoms with Gasteiger partial charge in [-0.3, -0.25) is 4.79 Å². The Bertz CT molecular complexity index is 383. The largest absolute Gasteiger partial charge is 0.480 e. The van der Waals surface area contributed by atoms with E-state index in [0.717, 1.165) is 18.8 Å². The molecule has 0 amide bonds. The van der Waals surface area contributed by atoms with E-state index in [-0.39, 0.29) is 0 Å². The van der Waals surface area contributed by atoms with Crippen LogP contribution in [0.25, 0.3) is 0 Å². The Morgan fingerprint density at radius 3 is 2.41 bits per heavy atom. The Balaban J connectivity index is 2.00. The van der Waals surface area contributed by atoms with Crippen LogP contribution < -0.4 is 10.2 Å². The van der Waals surface area contributed by atoms with E-state index in [1.165, 1.54) is 18.5 Å². The number of hydrogen-bond acceptors (Lipinski definition) is 3. The fourth-order valence-corrected chi connectivity index (χ4v) is 2.06. The molecule has 2 N–H and O–H groups in total. The topological polar surface area (TPSA) is 52.6 Å². The van der Waals surface area contributed by atoms with Crippen LogP contribution in [0.2, 0.25) is 0 Å². The van der Waals surface area contributed by atoms with Crippen LogP contribution in [-0.4, -0.2) is 30.2 Å². The average molecular weight is 234 g/mol. The summed E-state index contributed by atoms with van der Waals surface area (Å²) >= 11 is 0. The summed E-state index contributed by atoms with van der Waals surface area (Å²) in [7, 11) is 0. The predicted octanol–water partition coefficient (Wildman–Crippen LogP) is 2.17. The minimum Gasteiger partial charge on any atom is -0.480 e. The highest BCUT2D eigenvalue weighted by atomic mass is 16.4. The van der Waals surface area contributed by atoms with Gasteiger partial charge < -0.3 is 15.3 Å². The summed E-state index contributed by atoms with van der Waals surface area (Å²) in [6, 6.07) is 7.40. The van der Waals surface area contributed by atoms with Gasteiger partial charge >= 0.3 is 5.97 Å². The summed E-state index contributed by atoms with van der Waals surface area (Å²) in [5, 5.41) is 11.7. The molecule has 1 unspecified atom stereocenters. The number of hydrogen-bond donors (Lipinski definition) is 2. The SMILES string of the molecule is CC(Nc1ccc(N2CCCC2)cc1)C(=O)O. The maximum absolute atomic E-state index is 10.7. The van der Waals surface area contributed by atoms with Crippen molar-refractivity contribution in [1.82, 2.24) is 0 Å². The molecule has 1 aliphatic heterocycles. The maximum Gasteiger partial charge on any atom is 0.325 e. The molecule has 4 heteroatoms. The Morgan fingerprint density at radius 2 is 1.88 bits per heavy atom. The zero-order chi connectivity index (χ0) is 12.3. The highest BCUT2D eigenvalue weighted by molar-refractivity contribution is 5.76. The normalized spacial score (nSPS) is 16.9. The van der Waals surface area contributed by atoms with Gasteiger partial charge in [-0.1, -0.05) is 0 Å². The first-order chi connectivity index (χ1) is 8.16. The Kier molecular flexibility index (Phi) is 3.52. The fraction of sp³-hybridized carbons (Fsp3) is 0.462. The van der Waals surface area contributed by atoms with Gasteiger partial charge in [-0.05, 0) is 44.0 Å². The third kappa shape index (κ3) is 2.90. The number of carboxylic acids is 1. The minimum atomic E-state index is -0.839.